The molecule has 8 heteroatoms. The summed E-state index contributed by atoms with van der Waals surface area (Å²) in [4.78, 5) is 31.7. The Bertz CT molecular complexity index is 1130. The summed E-state index contributed by atoms with van der Waals surface area (Å²) in [6, 6.07) is 13.2. The van der Waals surface area contributed by atoms with Gasteiger partial charge in [-0.3, -0.25) is 9.59 Å². The zero-order chi connectivity index (χ0) is 21.4. The minimum Gasteiger partial charge on any atom is -0.496 e. The third-order valence-corrected chi connectivity index (χ3v) is 6.68. The average molecular weight is 419 g/mol. The minimum atomic E-state index is -0.132. The SMILES string of the molecule is COc1ccccc1CC(=O)N1CCC2(CC1)CC2NC(=O)c1cccc2ncnn12. The Kier molecular flexibility index (Phi) is 4.84. The van der Waals surface area contributed by atoms with Crippen LogP contribution in [0.3, 0.4) is 0 Å². The fourth-order valence-electron chi connectivity index (χ4n) is 4.68. The van der Waals surface area contributed by atoms with E-state index in [0.717, 1.165) is 43.7 Å². The number of hydrogen-bond acceptors (Lipinski definition) is 5. The van der Waals surface area contributed by atoms with Crippen molar-refractivity contribution in [2.45, 2.75) is 31.7 Å². The first-order chi connectivity index (χ1) is 15.1. The molecule has 1 unspecified atom stereocenters. The second kappa shape index (κ2) is 7.68. The van der Waals surface area contributed by atoms with E-state index in [1.165, 1.54) is 6.33 Å². The third kappa shape index (κ3) is 3.62. The Morgan fingerprint density at radius 2 is 1.97 bits per heavy atom. The van der Waals surface area contributed by atoms with E-state index in [1.54, 1.807) is 17.7 Å². The number of hydrogen-bond donors (Lipinski definition) is 1. The van der Waals surface area contributed by atoms with Gasteiger partial charge in [0.05, 0.1) is 13.5 Å². The monoisotopic (exact) mass is 419 g/mol. The van der Waals surface area contributed by atoms with Crippen molar-refractivity contribution in [1.29, 1.82) is 0 Å². The third-order valence-electron chi connectivity index (χ3n) is 6.68. The molecule has 2 aromatic heterocycles. The molecular formula is C23H25N5O3. The second-order valence-electron chi connectivity index (χ2n) is 8.40. The van der Waals surface area contributed by atoms with Crippen LogP contribution in [0.25, 0.3) is 5.65 Å². The molecule has 8 nitrogen and oxygen atoms in total. The Morgan fingerprint density at radius 3 is 2.77 bits per heavy atom. The number of para-hydroxylation sites is 1. The van der Waals surface area contributed by atoms with Crippen LogP contribution in [0.5, 0.6) is 5.75 Å². The van der Waals surface area contributed by atoms with Gasteiger partial charge in [0.15, 0.2) is 5.65 Å². The molecule has 1 N–H and O–H groups in total. The van der Waals surface area contributed by atoms with Crippen molar-refractivity contribution in [3.63, 3.8) is 0 Å². The first kappa shape index (κ1) is 19.5. The number of rotatable bonds is 5. The maximum Gasteiger partial charge on any atom is 0.270 e. The van der Waals surface area contributed by atoms with Crippen molar-refractivity contribution in [2.24, 2.45) is 5.41 Å². The number of fused-ring (bicyclic) bond motifs is 1. The lowest BCUT2D eigenvalue weighted by Crippen LogP contribution is -2.42. The smallest absolute Gasteiger partial charge is 0.270 e. The number of nitrogens with zero attached hydrogens (tertiary/aromatic N) is 4. The zero-order valence-corrected chi connectivity index (χ0v) is 17.5. The first-order valence-corrected chi connectivity index (χ1v) is 10.6. The molecule has 1 saturated heterocycles. The Labute approximate surface area is 180 Å². The number of amides is 2. The molecule has 0 bridgehead atoms. The van der Waals surface area contributed by atoms with Gasteiger partial charge >= 0.3 is 0 Å². The van der Waals surface area contributed by atoms with Gasteiger partial charge in [0.25, 0.3) is 5.91 Å². The highest BCUT2D eigenvalue weighted by Gasteiger charge is 2.56. The molecule has 0 radical (unpaired) electrons. The van der Waals surface area contributed by atoms with Crippen LogP contribution in [0.1, 0.15) is 35.3 Å². The lowest BCUT2D eigenvalue weighted by molar-refractivity contribution is -0.132. The van der Waals surface area contributed by atoms with Gasteiger partial charge in [0.2, 0.25) is 5.91 Å². The standard InChI is InChI=1S/C23H25N5O3/c1-31-18-7-3-2-5-16(18)13-21(29)27-11-9-23(10-12-27)14-19(23)26-22(30)17-6-4-8-20-24-15-25-28(17)20/h2-8,15,19H,9-14H2,1H3,(H,26,30). The van der Waals surface area contributed by atoms with Crippen LogP contribution in [-0.2, 0) is 11.2 Å². The average Bonchev–Trinajstić information content (AvgIpc) is 3.21. The van der Waals surface area contributed by atoms with Crippen molar-refractivity contribution in [3.8, 4) is 5.75 Å². The van der Waals surface area contributed by atoms with E-state index in [2.05, 4.69) is 15.4 Å². The number of carbonyl (C=O) groups is 2. The van der Waals surface area contributed by atoms with E-state index in [-0.39, 0.29) is 23.3 Å². The van der Waals surface area contributed by atoms with E-state index in [4.69, 9.17) is 4.74 Å². The van der Waals surface area contributed by atoms with E-state index in [0.29, 0.717) is 17.8 Å². The second-order valence-corrected chi connectivity index (χ2v) is 8.40. The molecule has 1 aliphatic heterocycles. The van der Waals surface area contributed by atoms with Crippen LogP contribution in [0, 0.1) is 5.41 Å². The Morgan fingerprint density at radius 1 is 1.16 bits per heavy atom. The number of nitrogens with one attached hydrogen (secondary N) is 1. The van der Waals surface area contributed by atoms with E-state index in [9.17, 15) is 9.59 Å². The molecular weight excluding hydrogens is 394 g/mol. The molecule has 2 fully saturated rings. The number of likely N-dealkylation sites (tertiary alicyclic amines) is 1. The van der Waals surface area contributed by atoms with Gasteiger partial charge in [-0.1, -0.05) is 24.3 Å². The predicted molar refractivity (Wildman–Crippen MR) is 114 cm³/mol. The summed E-state index contributed by atoms with van der Waals surface area (Å²) in [5.74, 6) is 0.739. The van der Waals surface area contributed by atoms with Crippen molar-refractivity contribution in [3.05, 3.63) is 60.0 Å². The molecule has 1 aromatic carbocycles. The Balaban J connectivity index is 1.17. The van der Waals surface area contributed by atoms with Gasteiger partial charge in [0, 0.05) is 24.7 Å². The highest BCUT2D eigenvalue weighted by Crippen LogP contribution is 2.54. The van der Waals surface area contributed by atoms with E-state index >= 15 is 0 Å². The molecule has 3 aromatic rings. The van der Waals surface area contributed by atoms with Crippen molar-refractivity contribution >= 4 is 17.5 Å². The highest BCUT2D eigenvalue weighted by molar-refractivity contribution is 5.93. The van der Waals surface area contributed by atoms with E-state index in [1.807, 2.05) is 41.3 Å². The number of carbonyl (C=O) groups excluding carboxylic acids is 2. The van der Waals surface area contributed by atoms with Crippen LogP contribution in [0.4, 0.5) is 0 Å². The lowest BCUT2D eigenvalue weighted by atomic mass is 9.92. The molecule has 3 heterocycles. The van der Waals surface area contributed by atoms with Crippen LogP contribution >= 0.6 is 0 Å². The molecule has 2 amide bonds. The summed E-state index contributed by atoms with van der Waals surface area (Å²) in [6.45, 7) is 1.44. The predicted octanol–water partition coefficient (Wildman–Crippen LogP) is 2.09. The molecule has 160 valence electrons. The van der Waals surface area contributed by atoms with Gasteiger partial charge < -0.3 is 15.0 Å². The lowest BCUT2D eigenvalue weighted by Gasteiger charge is -2.33. The first-order valence-electron chi connectivity index (χ1n) is 10.6. The van der Waals surface area contributed by atoms with Gasteiger partial charge in [-0.25, -0.2) is 9.50 Å². The van der Waals surface area contributed by atoms with Crippen LogP contribution in [0.15, 0.2) is 48.8 Å². The number of pyridine rings is 1. The van der Waals surface area contributed by atoms with Crippen molar-refractivity contribution in [1.82, 2.24) is 24.8 Å². The zero-order valence-electron chi connectivity index (χ0n) is 17.5. The quantitative estimate of drug-likeness (QED) is 0.684. The van der Waals surface area contributed by atoms with Gasteiger partial charge in [-0.15, -0.1) is 0 Å². The molecule has 5 rings (SSSR count). The highest BCUT2D eigenvalue weighted by atomic mass is 16.5. The van der Waals surface area contributed by atoms with Crippen LogP contribution < -0.4 is 10.1 Å². The molecule has 1 saturated carbocycles. The number of aromatic nitrogens is 3. The van der Waals surface area contributed by atoms with Crippen molar-refractivity contribution < 1.29 is 14.3 Å². The molecule has 1 aliphatic carbocycles. The topological polar surface area (TPSA) is 88.8 Å². The number of ether oxygens (including phenoxy) is 1. The molecule has 2 aliphatic rings. The number of piperidine rings is 1. The largest absolute Gasteiger partial charge is 0.496 e. The van der Waals surface area contributed by atoms with Gasteiger partial charge in [-0.05, 0) is 42.9 Å². The number of methoxy groups -OCH3 is 1. The normalized spacial score (nSPS) is 19.4. The van der Waals surface area contributed by atoms with Crippen LogP contribution in [0.2, 0.25) is 0 Å². The van der Waals surface area contributed by atoms with E-state index < -0.39 is 0 Å². The van der Waals surface area contributed by atoms with Gasteiger partial charge in [0.1, 0.15) is 17.8 Å². The van der Waals surface area contributed by atoms with Crippen LogP contribution in [-0.4, -0.2) is 57.6 Å². The summed E-state index contributed by atoms with van der Waals surface area (Å²) >= 11 is 0. The maximum absolute atomic E-state index is 12.8. The summed E-state index contributed by atoms with van der Waals surface area (Å²) in [6.07, 6.45) is 4.56. The minimum absolute atomic E-state index is 0.104. The summed E-state index contributed by atoms with van der Waals surface area (Å²) in [7, 11) is 1.62. The summed E-state index contributed by atoms with van der Waals surface area (Å²) < 4.78 is 6.92. The molecule has 1 spiro atoms. The Hall–Kier alpha value is -3.42. The van der Waals surface area contributed by atoms with Crippen molar-refractivity contribution in [2.75, 3.05) is 20.2 Å². The maximum atomic E-state index is 12.8. The number of benzene rings is 1. The fraction of sp³-hybridized carbons (Fsp3) is 0.391. The molecule has 31 heavy (non-hydrogen) atoms. The fourth-order valence-corrected chi connectivity index (χ4v) is 4.68. The summed E-state index contributed by atoms with van der Waals surface area (Å²) in [5, 5.41) is 7.30. The van der Waals surface area contributed by atoms with Gasteiger partial charge in [-0.2, -0.15) is 5.10 Å². The molecule has 1 atom stereocenters. The summed E-state index contributed by atoms with van der Waals surface area (Å²) in [5.41, 5.74) is 2.16.